The number of aliphatic hydroxyl groups is 1. The Balaban J connectivity index is 2.39. The maximum absolute atomic E-state index is 14.1. The van der Waals surface area contributed by atoms with Gasteiger partial charge in [-0.25, -0.2) is 4.98 Å². The van der Waals surface area contributed by atoms with Crippen LogP contribution >= 0.6 is 0 Å². The Morgan fingerprint density at radius 2 is 1.85 bits per heavy atom. The fourth-order valence-corrected chi connectivity index (χ4v) is 2.19. The maximum atomic E-state index is 14.1. The van der Waals surface area contributed by atoms with Gasteiger partial charge in [0, 0.05) is 11.7 Å². The van der Waals surface area contributed by atoms with Crippen molar-refractivity contribution in [3.8, 4) is 0 Å². The summed E-state index contributed by atoms with van der Waals surface area (Å²) in [7, 11) is -0.803. The summed E-state index contributed by atoms with van der Waals surface area (Å²) in [6.07, 6.45) is 1.15. The second-order valence-electron chi connectivity index (χ2n) is 6.32. The number of nitrogens with zero attached hydrogens (tertiary/aromatic N) is 1. The molecule has 0 radical (unpaired) electrons. The molecule has 1 aliphatic rings. The fourth-order valence-electron chi connectivity index (χ4n) is 2.19. The van der Waals surface area contributed by atoms with E-state index < -0.39 is 30.4 Å². The van der Waals surface area contributed by atoms with Gasteiger partial charge < -0.3 is 14.4 Å². The number of pyridine rings is 1. The van der Waals surface area contributed by atoms with Crippen LogP contribution in [0.1, 0.15) is 40.2 Å². The largest absolute Gasteiger partial charge is 0.499 e. The minimum Gasteiger partial charge on any atom is -0.399 e. The van der Waals surface area contributed by atoms with Crippen molar-refractivity contribution in [2.45, 2.75) is 58.3 Å². The summed E-state index contributed by atoms with van der Waals surface area (Å²) >= 11 is 0. The zero-order valence-electron chi connectivity index (χ0n) is 12.6. The molecule has 0 bridgehead atoms. The molecule has 2 heterocycles. The number of rotatable bonds is 3. The molecule has 1 atom stereocenters. The molecule has 0 aliphatic carbocycles. The summed E-state index contributed by atoms with van der Waals surface area (Å²) in [4.78, 5) is 3.68. The van der Waals surface area contributed by atoms with Gasteiger partial charge in [-0.05, 0) is 52.7 Å². The molecule has 20 heavy (non-hydrogen) atoms. The van der Waals surface area contributed by atoms with Crippen LogP contribution < -0.4 is 5.46 Å². The molecule has 1 fully saturated rings. The van der Waals surface area contributed by atoms with Crippen LogP contribution in [0.15, 0.2) is 12.3 Å². The van der Waals surface area contributed by atoms with Crippen molar-refractivity contribution in [2.75, 3.05) is 0 Å². The smallest absolute Gasteiger partial charge is 0.399 e. The van der Waals surface area contributed by atoms with Crippen LogP contribution in [0.5, 0.6) is 0 Å². The first-order chi connectivity index (χ1) is 9.14. The number of aromatic nitrogens is 1. The molecule has 1 aliphatic heterocycles. The second-order valence-corrected chi connectivity index (χ2v) is 6.32. The fraction of sp³-hybridized carbons (Fsp3) is 0.643. The number of hydrogen-bond acceptors (Lipinski definition) is 4. The maximum Gasteiger partial charge on any atom is 0.499 e. The molecule has 1 saturated heterocycles. The van der Waals surface area contributed by atoms with E-state index in [2.05, 4.69) is 4.98 Å². The predicted octanol–water partition coefficient (Wildman–Crippen LogP) is 1.44. The zero-order valence-corrected chi connectivity index (χ0v) is 12.6. The normalized spacial score (nSPS) is 22.1. The minimum atomic E-state index is -0.803. The molecule has 0 spiro atoms. The highest BCUT2D eigenvalue weighted by molar-refractivity contribution is 6.62. The molecule has 2 rings (SSSR count). The van der Waals surface area contributed by atoms with Crippen LogP contribution in [0, 0.1) is 5.95 Å². The van der Waals surface area contributed by atoms with Gasteiger partial charge in [-0.3, -0.25) is 0 Å². The van der Waals surface area contributed by atoms with Crippen LogP contribution in [-0.2, 0) is 15.7 Å². The van der Waals surface area contributed by atoms with Gasteiger partial charge in [0.25, 0.3) is 0 Å². The van der Waals surface area contributed by atoms with E-state index >= 15 is 0 Å². The zero-order chi connectivity index (χ0) is 15.1. The number of aliphatic hydroxyl groups excluding tert-OH is 1. The minimum absolute atomic E-state index is 0.284. The van der Waals surface area contributed by atoms with Crippen molar-refractivity contribution in [1.82, 2.24) is 4.98 Å². The van der Waals surface area contributed by atoms with Crippen LogP contribution in [0.3, 0.4) is 0 Å². The van der Waals surface area contributed by atoms with Crippen molar-refractivity contribution in [1.29, 1.82) is 0 Å². The Morgan fingerprint density at radius 3 is 2.35 bits per heavy atom. The summed E-state index contributed by atoms with van der Waals surface area (Å²) in [5, 5.41) is 9.54. The number of halogens is 1. The summed E-state index contributed by atoms with van der Waals surface area (Å²) in [6.45, 7) is 9.31. The van der Waals surface area contributed by atoms with Gasteiger partial charge in [-0.1, -0.05) is 0 Å². The summed E-state index contributed by atoms with van der Waals surface area (Å²) in [5.74, 6) is -0.610. The molecular weight excluding hydrogens is 260 g/mol. The third-order valence-electron chi connectivity index (χ3n) is 4.04. The Morgan fingerprint density at radius 1 is 1.30 bits per heavy atom. The molecule has 1 unspecified atom stereocenters. The lowest BCUT2D eigenvalue weighted by molar-refractivity contribution is 0.00578. The van der Waals surface area contributed by atoms with E-state index in [-0.39, 0.29) is 5.46 Å². The topological polar surface area (TPSA) is 51.6 Å². The molecular formula is C14H21BFNO3. The standard InChI is InChI=1S/C14H21BFNO3/c1-9(18)8-10-6-7-17-12(16)11(10)15-19-13(2,3)14(4,5)20-15/h6-7,9,18H,8H2,1-5H3. The summed E-state index contributed by atoms with van der Waals surface area (Å²) < 4.78 is 25.8. The highest BCUT2D eigenvalue weighted by Gasteiger charge is 2.53. The molecule has 0 saturated carbocycles. The number of hydrogen-bond donors (Lipinski definition) is 1. The molecule has 6 heteroatoms. The molecule has 4 nitrogen and oxygen atoms in total. The highest BCUT2D eigenvalue weighted by atomic mass is 19.1. The Bertz CT molecular complexity index is 489. The van der Waals surface area contributed by atoms with Crippen molar-refractivity contribution in [3.63, 3.8) is 0 Å². The van der Waals surface area contributed by atoms with E-state index in [0.29, 0.717) is 12.0 Å². The van der Waals surface area contributed by atoms with Gasteiger partial charge >= 0.3 is 7.12 Å². The van der Waals surface area contributed by atoms with Gasteiger partial charge in [-0.15, -0.1) is 0 Å². The third-order valence-corrected chi connectivity index (χ3v) is 4.04. The highest BCUT2D eigenvalue weighted by Crippen LogP contribution is 2.36. The lowest BCUT2D eigenvalue weighted by atomic mass is 9.75. The second kappa shape index (κ2) is 5.09. The van der Waals surface area contributed by atoms with Crippen molar-refractivity contribution in [3.05, 3.63) is 23.8 Å². The van der Waals surface area contributed by atoms with Gasteiger partial charge in [0.2, 0.25) is 5.95 Å². The third kappa shape index (κ3) is 2.73. The van der Waals surface area contributed by atoms with Crippen molar-refractivity contribution in [2.24, 2.45) is 0 Å². The van der Waals surface area contributed by atoms with Gasteiger partial charge in [0.1, 0.15) is 0 Å². The summed E-state index contributed by atoms with van der Waals surface area (Å²) in [5.41, 5.74) is -0.137. The average molecular weight is 281 g/mol. The molecule has 0 aromatic carbocycles. The lowest BCUT2D eigenvalue weighted by Crippen LogP contribution is -2.41. The monoisotopic (exact) mass is 281 g/mol. The molecule has 110 valence electrons. The summed E-state index contributed by atoms with van der Waals surface area (Å²) in [6, 6.07) is 1.69. The van der Waals surface area contributed by atoms with Crippen LogP contribution in [-0.4, -0.2) is 34.5 Å². The van der Waals surface area contributed by atoms with Crippen LogP contribution in [0.2, 0.25) is 0 Å². The lowest BCUT2D eigenvalue weighted by Gasteiger charge is -2.32. The SMILES string of the molecule is CC(O)Cc1ccnc(F)c1B1OC(C)(C)C(C)(C)O1. The molecule has 1 aromatic rings. The molecule has 1 aromatic heterocycles. The average Bonchev–Trinajstić information content (AvgIpc) is 2.46. The van der Waals surface area contributed by atoms with Crippen LogP contribution in [0.4, 0.5) is 4.39 Å². The van der Waals surface area contributed by atoms with E-state index in [0.717, 1.165) is 0 Å². The van der Waals surface area contributed by atoms with E-state index in [1.165, 1.54) is 6.20 Å². The Hall–Kier alpha value is -0.975. The quantitative estimate of drug-likeness (QED) is 0.673. The molecule has 0 amide bonds. The van der Waals surface area contributed by atoms with Gasteiger partial charge in [0.05, 0.1) is 17.3 Å². The van der Waals surface area contributed by atoms with E-state index in [1.54, 1.807) is 13.0 Å². The van der Waals surface area contributed by atoms with Gasteiger partial charge in [0.15, 0.2) is 0 Å². The molecule has 1 N–H and O–H groups in total. The van der Waals surface area contributed by atoms with Crippen LogP contribution in [0.25, 0.3) is 0 Å². The van der Waals surface area contributed by atoms with Gasteiger partial charge in [-0.2, -0.15) is 4.39 Å². The first-order valence-corrected chi connectivity index (χ1v) is 6.81. The van der Waals surface area contributed by atoms with Crippen molar-refractivity contribution < 1.29 is 18.8 Å². The Labute approximate surface area is 119 Å². The van der Waals surface area contributed by atoms with E-state index in [1.807, 2.05) is 27.7 Å². The van der Waals surface area contributed by atoms with E-state index in [9.17, 15) is 9.50 Å². The van der Waals surface area contributed by atoms with Crippen molar-refractivity contribution >= 4 is 12.6 Å². The predicted molar refractivity (Wildman–Crippen MR) is 75.3 cm³/mol. The first kappa shape index (κ1) is 15.4. The van der Waals surface area contributed by atoms with E-state index in [4.69, 9.17) is 9.31 Å². The first-order valence-electron chi connectivity index (χ1n) is 6.81. The Kier molecular flexibility index (Phi) is 3.93.